The van der Waals surface area contributed by atoms with Gasteiger partial charge in [0.25, 0.3) is 0 Å². The highest BCUT2D eigenvalue weighted by Crippen LogP contribution is 2.25. The molecule has 0 aliphatic heterocycles. The molecule has 6 nitrogen and oxygen atoms in total. The van der Waals surface area contributed by atoms with Gasteiger partial charge < -0.3 is 20.3 Å². The highest BCUT2D eigenvalue weighted by atomic mass is 16.6. The van der Waals surface area contributed by atoms with E-state index in [-0.39, 0.29) is 6.42 Å². The van der Waals surface area contributed by atoms with Gasteiger partial charge in [-0.3, -0.25) is 4.79 Å². The molecule has 0 heterocycles. The number of aliphatic hydroxyl groups excluding tert-OH is 1. The molecule has 0 bridgehead atoms. The lowest BCUT2D eigenvalue weighted by Crippen LogP contribution is -2.49. The number of amides is 1. The maximum Gasteiger partial charge on any atom is 0.407 e. The van der Waals surface area contributed by atoms with Crippen molar-refractivity contribution >= 4 is 12.1 Å². The van der Waals surface area contributed by atoms with E-state index in [2.05, 4.69) is 5.32 Å². The van der Waals surface area contributed by atoms with Crippen molar-refractivity contribution in [1.29, 1.82) is 0 Å². The molecular weight excluding hydrogens is 238 g/mol. The van der Waals surface area contributed by atoms with E-state index in [1.165, 1.54) is 0 Å². The number of hydrogen-bond donors (Lipinski definition) is 3. The summed E-state index contributed by atoms with van der Waals surface area (Å²) in [7, 11) is 0. The minimum Gasteiger partial charge on any atom is -0.481 e. The Morgan fingerprint density at radius 1 is 1.28 bits per heavy atom. The second-order valence-corrected chi connectivity index (χ2v) is 5.67. The second-order valence-electron chi connectivity index (χ2n) is 5.67. The SMILES string of the molecule is CC(C)(C)OC(=O)N[C@H]1CC[C@@H](C(=O)O)C[C@@H]1O. The van der Waals surface area contributed by atoms with Crippen LogP contribution in [0.2, 0.25) is 0 Å². The van der Waals surface area contributed by atoms with Gasteiger partial charge in [0.15, 0.2) is 0 Å². The highest BCUT2D eigenvalue weighted by molar-refractivity contribution is 5.70. The molecule has 1 aliphatic carbocycles. The van der Waals surface area contributed by atoms with Crippen molar-refractivity contribution in [1.82, 2.24) is 5.32 Å². The van der Waals surface area contributed by atoms with Crippen LogP contribution in [0.5, 0.6) is 0 Å². The Kier molecular flexibility index (Phi) is 4.56. The van der Waals surface area contributed by atoms with E-state index >= 15 is 0 Å². The van der Waals surface area contributed by atoms with Crippen molar-refractivity contribution in [2.45, 2.75) is 57.8 Å². The first-order valence-electron chi connectivity index (χ1n) is 6.09. The van der Waals surface area contributed by atoms with Crippen LogP contribution in [0.4, 0.5) is 4.79 Å². The molecule has 1 rings (SSSR count). The molecule has 3 N–H and O–H groups in total. The Balaban J connectivity index is 2.45. The van der Waals surface area contributed by atoms with Crippen LogP contribution >= 0.6 is 0 Å². The van der Waals surface area contributed by atoms with Crippen LogP contribution in [0.3, 0.4) is 0 Å². The van der Waals surface area contributed by atoms with Gasteiger partial charge in [-0.15, -0.1) is 0 Å². The van der Waals surface area contributed by atoms with E-state index in [9.17, 15) is 14.7 Å². The van der Waals surface area contributed by atoms with Gasteiger partial charge in [0.2, 0.25) is 0 Å². The fourth-order valence-corrected chi connectivity index (χ4v) is 2.00. The van der Waals surface area contributed by atoms with Crippen molar-refractivity contribution in [2.24, 2.45) is 5.92 Å². The quantitative estimate of drug-likeness (QED) is 0.690. The predicted molar refractivity (Wildman–Crippen MR) is 64.1 cm³/mol. The van der Waals surface area contributed by atoms with Crippen LogP contribution in [0.15, 0.2) is 0 Å². The van der Waals surface area contributed by atoms with Crippen LogP contribution in [-0.2, 0) is 9.53 Å². The van der Waals surface area contributed by atoms with E-state index in [1.807, 2.05) is 0 Å². The zero-order valence-corrected chi connectivity index (χ0v) is 11.0. The lowest BCUT2D eigenvalue weighted by atomic mass is 9.84. The molecule has 0 unspecified atom stereocenters. The summed E-state index contributed by atoms with van der Waals surface area (Å²) in [6.07, 6.45) is -0.368. The highest BCUT2D eigenvalue weighted by Gasteiger charge is 2.34. The Hall–Kier alpha value is -1.30. The average molecular weight is 259 g/mol. The fourth-order valence-electron chi connectivity index (χ4n) is 2.00. The van der Waals surface area contributed by atoms with Gasteiger partial charge in [-0.25, -0.2) is 4.79 Å². The summed E-state index contributed by atoms with van der Waals surface area (Å²) in [5.74, 6) is -1.43. The first kappa shape index (κ1) is 14.8. The lowest BCUT2D eigenvalue weighted by Gasteiger charge is -2.32. The third kappa shape index (κ3) is 4.52. The molecule has 18 heavy (non-hydrogen) atoms. The zero-order chi connectivity index (χ0) is 13.9. The summed E-state index contributed by atoms with van der Waals surface area (Å²) in [6, 6.07) is -0.435. The number of aliphatic hydroxyl groups is 1. The van der Waals surface area contributed by atoms with Crippen molar-refractivity contribution in [3.8, 4) is 0 Å². The van der Waals surface area contributed by atoms with Gasteiger partial charge in [0.1, 0.15) is 5.60 Å². The van der Waals surface area contributed by atoms with Crippen LogP contribution in [-0.4, -0.2) is 40.0 Å². The third-order valence-corrected chi connectivity index (χ3v) is 2.87. The summed E-state index contributed by atoms with van der Waals surface area (Å²) in [5, 5.41) is 21.2. The van der Waals surface area contributed by atoms with Gasteiger partial charge >= 0.3 is 12.1 Å². The minimum atomic E-state index is -0.898. The van der Waals surface area contributed by atoms with Crippen molar-refractivity contribution in [2.75, 3.05) is 0 Å². The molecule has 0 aromatic carbocycles. The van der Waals surface area contributed by atoms with E-state index in [4.69, 9.17) is 9.84 Å². The van der Waals surface area contributed by atoms with E-state index in [1.54, 1.807) is 20.8 Å². The zero-order valence-electron chi connectivity index (χ0n) is 11.0. The van der Waals surface area contributed by atoms with Crippen molar-refractivity contribution < 1.29 is 24.5 Å². The van der Waals surface area contributed by atoms with Gasteiger partial charge in [-0.2, -0.15) is 0 Å². The number of nitrogens with one attached hydrogen (secondary N) is 1. The average Bonchev–Trinajstić information content (AvgIpc) is 2.17. The number of ether oxygens (including phenoxy) is 1. The topological polar surface area (TPSA) is 95.9 Å². The summed E-state index contributed by atoms with van der Waals surface area (Å²) < 4.78 is 5.09. The van der Waals surface area contributed by atoms with Gasteiger partial charge in [-0.05, 0) is 40.0 Å². The molecule has 104 valence electrons. The normalized spacial score (nSPS) is 28.6. The van der Waals surface area contributed by atoms with Gasteiger partial charge in [0, 0.05) is 0 Å². The van der Waals surface area contributed by atoms with Crippen LogP contribution in [0.1, 0.15) is 40.0 Å². The number of carboxylic acids is 1. The van der Waals surface area contributed by atoms with Crippen LogP contribution in [0.25, 0.3) is 0 Å². The lowest BCUT2D eigenvalue weighted by molar-refractivity contribution is -0.144. The number of hydrogen-bond acceptors (Lipinski definition) is 4. The Morgan fingerprint density at radius 2 is 1.89 bits per heavy atom. The summed E-state index contributed by atoms with van der Waals surface area (Å²) >= 11 is 0. The molecule has 3 atom stereocenters. The molecule has 0 radical (unpaired) electrons. The molecule has 0 aromatic heterocycles. The van der Waals surface area contributed by atoms with Crippen LogP contribution < -0.4 is 5.32 Å². The molecular formula is C12H21NO5. The van der Waals surface area contributed by atoms with Gasteiger partial charge in [0.05, 0.1) is 18.1 Å². The first-order valence-corrected chi connectivity index (χ1v) is 6.09. The number of alkyl carbamates (subject to hydrolysis) is 1. The Morgan fingerprint density at radius 3 is 2.33 bits per heavy atom. The molecule has 6 heteroatoms. The molecule has 1 amide bonds. The van der Waals surface area contributed by atoms with Crippen molar-refractivity contribution in [3.63, 3.8) is 0 Å². The maximum atomic E-state index is 11.5. The van der Waals surface area contributed by atoms with E-state index < -0.39 is 35.7 Å². The van der Waals surface area contributed by atoms with Crippen molar-refractivity contribution in [3.05, 3.63) is 0 Å². The predicted octanol–water partition coefficient (Wildman–Crippen LogP) is 1.13. The minimum absolute atomic E-state index is 0.162. The summed E-state index contributed by atoms with van der Waals surface area (Å²) in [5.41, 5.74) is -0.590. The first-order chi connectivity index (χ1) is 8.19. The maximum absolute atomic E-state index is 11.5. The number of aliphatic carboxylic acids is 1. The standard InChI is InChI=1S/C12H21NO5/c1-12(2,3)18-11(17)13-8-5-4-7(10(15)16)6-9(8)14/h7-9,14H,4-6H2,1-3H3,(H,13,17)(H,15,16)/t7-,8+,9+/m1/s1. The number of rotatable bonds is 2. The number of carbonyl (C=O) groups is 2. The third-order valence-electron chi connectivity index (χ3n) is 2.87. The largest absolute Gasteiger partial charge is 0.481 e. The number of carbonyl (C=O) groups excluding carboxylic acids is 1. The Bertz CT molecular complexity index is 323. The summed E-state index contributed by atoms with van der Waals surface area (Å²) in [6.45, 7) is 5.26. The van der Waals surface area contributed by atoms with E-state index in [0.29, 0.717) is 12.8 Å². The molecule has 0 spiro atoms. The molecule has 1 saturated carbocycles. The number of carboxylic acid groups (broad SMARTS) is 1. The molecule has 0 aromatic rings. The fraction of sp³-hybridized carbons (Fsp3) is 0.833. The molecule has 0 saturated heterocycles. The smallest absolute Gasteiger partial charge is 0.407 e. The molecule has 1 aliphatic rings. The van der Waals surface area contributed by atoms with Gasteiger partial charge in [-0.1, -0.05) is 0 Å². The van der Waals surface area contributed by atoms with Crippen LogP contribution in [0, 0.1) is 5.92 Å². The molecule has 1 fully saturated rings. The second kappa shape index (κ2) is 5.56. The van der Waals surface area contributed by atoms with E-state index in [0.717, 1.165) is 0 Å². The monoisotopic (exact) mass is 259 g/mol. The summed E-state index contributed by atoms with van der Waals surface area (Å²) in [4.78, 5) is 22.3. The Labute approximate surface area is 106 Å².